The second-order valence-electron chi connectivity index (χ2n) is 5.34. The zero-order valence-corrected chi connectivity index (χ0v) is 13.5. The first-order valence-electron chi connectivity index (χ1n) is 7.28. The summed E-state index contributed by atoms with van der Waals surface area (Å²) >= 11 is 5.88. The molecule has 2 aliphatic rings. The molecule has 1 unspecified atom stereocenters. The van der Waals surface area contributed by atoms with Gasteiger partial charge in [-0.1, -0.05) is 23.7 Å². The number of hydrazone groups is 1. The van der Waals surface area contributed by atoms with Crippen molar-refractivity contribution >= 4 is 29.9 Å². The zero-order valence-electron chi connectivity index (χ0n) is 11.9. The average molecular weight is 330 g/mol. The van der Waals surface area contributed by atoms with Crippen LogP contribution >= 0.6 is 24.0 Å². The van der Waals surface area contributed by atoms with Gasteiger partial charge >= 0.3 is 0 Å². The van der Waals surface area contributed by atoms with Crippen LogP contribution in [0.3, 0.4) is 0 Å². The molecule has 21 heavy (non-hydrogen) atoms. The van der Waals surface area contributed by atoms with Crippen LogP contribution in [0.1, 0.15) is 37.5 Å². The van der Waals surface area contributed by atoms with Crippen molar-refractivity contribution in [3.05, 3.63) is 34.9 Å². The first-order valence-corrected chi connectivity index (χ1v) is 7.65. The molecule has 6 heteroatoms. The summed E-state index contributed by atoms with van der Waals surface area (Å²) in [6.45, 7) is 3.64. The third kappa shape index (κ3) is 4.50. The zero-order chi connectivity index (χ0) is 13.8. The smallest absolute Gasteiger partial charge is 0.212 e. The topological polar surface area (TPSA) is 36.9 Å². The van der Waals surface area contributed by atoms with E-state index >= 15 is 0 Å². The highest BCUT2D eigenvalue weighted by molar-refractivity contribution is 6.30. The standard InChI is InChI=1S/C15H20ClN3O.ClH/c16-13-7-5-12(6-8-13)15-18-17-14(20-15)4-3-11-19-9-1-2-10-19;/h5-8,15,18H,1-4,9-11H2;1H. The van der Waals surface area contributed by atoms with E-state index in [1.54, 1.807) is 0 Å². The van der Waals surface area contributed by atoms with Crippen molar-refractivity contribution in [2.75, 3.05) is 19.6 Å². The molecular weight excluding hydrogens is 309 g/mol. The summed E-state index contributed by atoms with van der Waals surface area (Å²) < 4.78 is 5.83. The van der Waals surface area contributed by atoms with Crippen LogP contribution in [0.2, 0.25) is 5.02 Å². The molecule has 0 bridgehead atoms. The van der Waals surface area contributed by atoms with Gasteiger partial charge in [-0.3, -0.25) is 5.43 Å². The van der Waals surface area contributed by atoms with Gasteiger partial charge in [0.15, 0.2) is 0 Å². The van der Waals surface area contributed by atoms with Crippen LogP contribution in [-0.4, -0.2) is 30.4 Å². The minimum atomic E-state index is -0.172. The Morgan fingerprint density at radius 3 is 2.67 bits per heavy atom. The number of ether oxygens (including phenoxy) is 1. The van der Waals surface area contributed by atoms with E-state index in [0.717, 1.165) is 35.9 Å². The van der Waals surface area contributed by atoms with Gasteiger partial charge in [0.2, 0.25) is 12.1 Å². The molecule has 0 spiro atoms. The predicted molar refractivity (Wildman–Crippen MR) is 88.0 cm³/mol. The number of rotatable bonds is 5. The second kappa shape index (κ2) is 7.87. The van der Waals surface area contributed by atoms with Crippen LogP contribution in [-0.2, 0) is 4.74 Å². The van der Waals surface area contributed by atoms with E-state index in [9.17, 15) is 0 Å². The Morgan fingerprint density at radius 1 is 1.24 bits per heavy atom. The van der Waals surface area contributed by atoms with Crippen molar-refractivity contribution in [2.45, 2.75) is 31.9 Å². The van der Waals surface area contributed by atoms with E-state index in [1.165, 1.54) is 25.9 Å². The van der Waals surface area contributed by atoms with Gasteiger partial charge in [0.05, 0.1) is 0 Å². The van der Waals surface area contributed by atoms with Gasteiger partial charge in [0, 0.05) is 17.0 Å². The van der Waals surface area contributed by atoms with Crippen LogP contribution in [0.15, 0.2) is 29.4 Å². The Labute approximate surface area is 136 Å². The number of likely N-dealkylation sites (tertiary alicyclic amines) is 1. The lowest BCUT2D eigenvalue weighted by molar-refractivity contribution is 0.185. The van der Waals surface area contributed by atoms with E-state index < -0.39 is 0 Å². The van der Waals surface area contributed by atoms with Gasteiger partial charge in [-0.15, -0.1) is 17.5 Å². The fourth-order valence-electron chi connectivity index (χ4n) is 2.67. The van der Waals surface area contributed by atoms with Gasteiger partial charge in [-0.2, -0.15) is 0 Å². The second-order valence-corrected chi connectivity index (χ2v) is 5.77. The number of benzene rings is 1. The van der Waals surface area contributed by atoms with E-state index in [0.29, 0.717) is 0 Å². The molecule has 1 saturated heterocycles. The van der Waals surface area contributed by atoms with Gasteiger partial charge in [0.1, 0.15) is 0 Å². The minimum Gasteiger partial charge on any atom is -0.450 e. The molecule has 0 aliphatic carbocycles. The summed E-state index contributed by atoms with van der Waals surface area (Å²) in [6.07, 6.45) is 4.52. The van der Waals surface area contributed by atoms with Crippen molar-refractivity contribution in [2.24, 2.45) is 5.10 Å². The lowest BCUT2D eigenvalue weighted by Crippen LogP contribution is -2.21. The monoisotopic (exact) mass is 329 g/mol. The number of hydrogen-bond acceptors (Lipinski definition) is 4. The normalized spacial score (nSPS) is 21.4. The first kappa shape index (κ1) is 16.4. The quantitative estimate of drug-likeness (QED) is 0.897. The summed E-state index contributed by atoms with van der Waals surface area (Å²) in [5.41, 5.74) is 4.08. The average Bonchev–Trinajstić information content (AvgIpc) is 3.11. The summed E-state index contributed by atoms with van der Waals surface area (Å²) in [7, 11) is 0. The highest BCUT2D eigenvalue weighted by Gasteiger charge is 2.21. The molecule has 1 aromatic rings. The van der Waals surface area contributed by atoms with Gasteiger partial charge < -0.3 is 9.64 Å². The molecule has 0 aromatic heterocycles. The third-order valence-corrected chi connectivity index (χ3v) is 4.05. The number of halogens is 2. The number of nitrogens with one attached hydrogen (secondary N) is 1. The molecule has 2 heterocycles. The molecule has 116 valence electrons. The SMILES string of the molecule is Cl.Clc1ccc(C2NN=C(CCCN3CCCC3)O2)cc1. The molecule has 2 aliphatic heterocycles. The highest BCUT2D eigenvalue weighted by Crippen LogP contribution is 2.22. The Bertz CT molecular complexity index is 472. The van der Waals surface area contributed by atoms with Gasteiger partial charge in [-0.25, -0.2) is 0 Å². The predicted octanol–water partition coefficient (Wildman–Crippen LogP) is 3.57. The largest absolute Gasteiger partial charge is 0.450 e. The van der Waals surface area contributed by atoms with E-state index in [-0.39, 0.29) is 18.6 Å². The summed E-state index contributed by atoms with van der Waals surface area (Å²) in [4.78, 5) is 2.51. The lowest BCUT2D eigenvalue weighted by Gasteiger charge is -2.14. The maximum Gasteiger partial charge on any atom is 0.212 e. The van der Waals surface area contributed by atoms with Crippen LogP contribution in [0.25, 0.3) is 0 Å². The molecule has 1 aromatic carbocycles. The number of nitrogens with zero attached hydrogens (tertiary/aromatic N) is 2. The Morgan fingerprint density at radius 2 is 1.95 bits per heavy atom. The van der Waals surface area contributed by atoms with Crippen LogP contribution in [0, 0.1) is 0 Å². The highest BCUT2D eigenvalue weighted by atomic mass is 35.5. The van der Waals surface area contributed by atoms with Crippen LogP contribution in [0.5, 0.6) is 0 Å². The Kier molecular flexibility index (Phi) is 6.15. The fraction of sp³-hybridized carbons (Fsp3) is 0.533. The lowest BCUT2D eigenvalue weighted by atomic mass is 10.2. The summed E-state index contributed by atoms with van der Waals surface area (Å²) in [6, 6.07) is 7.66. The van der Waals surface area contributed by atoms with Crippen molar-refractivity contribution in [1.29, 1.82) is 0 Å². The van der Waals surface area contributed by atoms with Gasteiger partial charge in [-0.05, 0) is 51.0 Å². The minimum absolute atomic E-state index is 0. The van der Waals surface area contributed by atoms with E-state index in [2.05, 4.69) is 15.4 Å². The molecule has 0 amide bonds. The molecule has 4 nitrogen and oxygen atoms in total. The molecular formula is C15H21Cl2N3O. The first-order chi connectivity index (χ1) is 9.81. The van der Waals surface area contributed by atoms with Crippen molar-refractivity contribution < 1.29 is 4.74 Å². The van der Waals surface area contributed by atoms with E-state index in [1.807, 2.05) is 24.3 Å². The molecule has 0 radical (unpaired) electrons. The molecule has 1 atom stereocenters. The van der Waals surface area contributed by atoms with Crippen LogP contribution < -0.4 is 5.43 Å². The maximum absolute atomic E-state index is 5.88. The summed E-state index contributed by atoms with van der Waals surface area (Å²) in [5, 5.41) is 5.01. The van der Waals surface area contributed by atoms with Gasteiger partial charge in [0.25, 0.3) is 0 Å². The molecule has 1 N–H and O–H groups in total. The number of hydrogen-bond donors (Lipinski definition) is 1. The van der Waals surface area contributed by atoms with Crippen molar-refractivity contribution in [3.63, 3.8) is 0 Å². The Hall–Kier alpha value is -0.970. The fourth-order valence-corrected chi connectivity index (χ4v) is 2.80. The maximum atomic E-state index is 5.88. The molecule has 0 saturated carbocycles. The van der Waals surface area contributed by atoms with Crippen LogP contribution in [0.4, 0.5) is 0 Å². The Balaban J connectivity index is 0.00000161. The van der Waals surface area contributed by atoms with E-state index in [4.69, 9.17) is 16.3 Å². The summed E-state index contributed by atoms with van der Waals surface area (Å²) in [5.74, 6) is 0.809. The van der Waals surface area contributed by atoms with Crippen molar-refractivity contribution in [3.8, 4) is 0 Å². The molecule has 3 rings (SSSR count). The third-order valence-electron chi connectivity index (χ3n) is 3.80. The molecule has 1 fully saturated rings. The van der Waals surface area contributed by atoms with Crippen molar-refractivity contribution in [1.82, 2.24) is 10.3 Å².